The lowest BCUT2D eigenvalue weighted by Gasteiger charge is -2.18. The first-order chi connectivity index (χ1) is 16.2. The van der Waals surface area contributed by atoms with Gasteiger partial charge in [-0.3, -0.25) is 14.4 Å². The average Bonchev–Trinajstić information content (AvgIpc) is 2.80. The number of benzene rings is 2. The van der Waals surface area contributed by atoms with E-state index < -0.39 is 29.6 Å². The zero-order valence-corrected chi connectivity index (χ0v) is 19.5. The van der Waals surface area contributed by atoms with Crippen molar-refractivity contribution in [2.24, 2.45) is 0 Å². The molecule has 0 spiro atoms. The second-order valence-electron chi connectivity index (χ2n) is 7.89. The number of para-hydroxylation sites is 2. The van der Waals surface area contributed by atoms with Gasteiger partial charge in [-0.1, -0.05) is 36.4 Å². The molecule has 0 atom stereocenters. The van der Waals surface area contributed by atoms with Crippen LogP contribution in [0.1, 0.15) is 27.3 Å². The largest absolute Gasteiger partial charge is 0.451 e. The number of hydrogen-bond donors (Lipinski definition) is 1. The maximum Gasteiger partial charge on any atom is 0.363 e. The van der Waals surface area contributed by atoms with Crippen molar-refractivity contribution in [1.29, 1.82) is 0 Å². The highest BCUT2D eigenvalue weighted by Crippen LogP contribution is 2.19. The van der Waals surface area contributed by atoms with E-state index in [2.05, 4.69) is 10.4 Å². The monoisotopic (exact) mass is 462 g/mol. The summed E-state index contributed by atoms with van der Waals surface area (Å²) in [5.41, 5.74) is 2.67. The number of esters is 1. The summed E-state index contributed by atoms with van der Waals surface area (Å²) in [6.45, 7) is 4.59. The first-order valence-corrected chi connectivity index (χ1v) is 10.6. The van der Waals surface area contributed by atoms with Crippen molar-refractivity contribution in [3.8, 4) is 5.69 Å². The zero-order valence-electron chi connectivity index (χ0n) is 19.5. The fraction of sp³-hybridized carbons (Fsp3) is 0.240. The van der Waals surface area contributed by atoms with E-state index >= 15 is 0 Å². The van der Waals surface area contributed by atoms with Crippen molar-refractivity contribution < 1.29 is 19.1 Å². The maximum atomic E-state index is 12.5. The summed E-state index contributed by atoms with van der Waals surface area (Å²) >= 11 is 0. The molecule has 0 bridgehead atoms. The Morgan fingerprint density at radius 3 is 2.29 bits per heavy atom. The molecule has 9 nitrogen and oxygen atoms in total. The standard InChI is InChI=1S/C25H26N4O5/c1-16-9-8-10-17(2)23(16)26-21(31)14-28(4)22(32)15-34-25(33)24-20(30)13-18(3)29(27-24)19-11-6-5-7-12-19/h5-13H,14-15H2,1-4H3,(H,26,31). The van der Waals surface area contributed by atoms with Crippen LogP contribution in [0.3, 0.4) is 0 Å². The lowest BCUT2D eigenvalue weighted by atomic mass is 10.1. The molecule has 2 amide bonds. The Balaban J connectivity index is 1.62. The predicted octanol–water partition coefficient (Wildman–Crippen LogP) is 2.41. The highest BCUT2D eigenvalue weighted by Gasteiger charge is 2.20. The number of ether oxygens (including phenoxy) is 1. The quantitative estimate of drug-likeness (QED) is 0.540. The molecule has 0 aliphatic rings. The molecule has 1 aromatic heterocycles. The molecular weight excluding hydrogens is 436 g/mol. The van der Waals surface area contributed by atoms with Crippen molar-refractivity contribution in [1.82, 2.24) is 14.7 Å². The molecule has 0 saturated carbocycles. The first kappa shape index (κ1) is 24.4. The number of likely N-dealkylation sites (N-methyl/N-ethyl adjacent to an activating group) is 1. The number of anilines is 1. The SMILES string of the molecule is Cc1cccc(C)c1NC(=O)CN(C)C(=O)COC(=O)c1nn(-c2ccccc2)c(C)cc1=O. The van der Waals surface area contributed by atoms with Crippen LogP contribution in [0.5, 0.6) is 0 Å². The van der Waals surface area contributed by atoms with Crippen LogP contribution in [-0.4, -0.2) is 52.7 Å². The maximum absolute atomic E-state index is 12.5. The molecule has 1 N–H and O–H groups in total. The number of carbonyl (C=O) groups excluding carboxylic acids is 3. The molecule has 3 aromatic rings. The van der Waals surface area contributed by atoms with Crippen molar-refractivity contribution in [3.63, 3.8) is 0 Å². The molecule has 0 unspecified atom stereocenters. The van der Waals surface area contributed by atoms with Gasteiger partial charge in [0.15, 0.2) is 6.61 Å². The van der Waals surface area contributed by atoms with Crippen molar-refractivity contribution in [3.05, 3.63) is 87.3 Å². The van der Waals surface area contributed by atoms with Crippen LogP contribution < -0.4 is 10.7 Å². The van der Waals surface area contributed by atoms with E-state index in [1.54, 1.807) is 31.2 Å². The smallest absolute Gasteiger partial charge is 0.363 e. The molecule has 176 valence electrons. The molecule has 0 saturated heterocycles. The third-order valence-electron chi connectivity index (χ3n) is 5.18. The fourth-order valence-corrected chi connectivity index (χ4v) is 3.32. The summed E-state index contributed by atoms with van der Waals surface area (Å²) in [5.74, 6) is -2.00. The minimum atomic E-state index is -1.02. The Labute approximate surface area is 197 Å². The topological polar surface area (TPSA) is 111 Å². The summed E-state index contributed by atoms with van der Waals surface area (Å²) in [6, 6.07) is 15.9. The number of aryl methyl sites for hydroxylation is 3. The summed E-state index contributed by atoms with van der Waals surface area (Å²) in [7, 11) is 1.42. The predicted molar refractivity (Wildman–Crippen MR) is 127 cm³/mol. The van der Waals surface area contributed by atoms with E-state index in [1.165, 1.54) is 17.8 Å². The molecule has 3 rings (SSSR count). The van der Waals surface area contributed by atoms with Crippen LogP contribution in [0, 0.1) is 20.8 Å². The van der Waals surface area contributed by atoms with Crippen molar-refractivity contribution in [2.75, 3.05) is 25.5 Å². The Morgan fingerprint density at radius 2 is 1.65 bits per heavy atom. The van der Waals surface area contributed by atoms with Gasteiger partial charge in [0.25, 0.3) is 5.91 Å². The van der Waals surface area contributed by atoms with Crippen LogP contribution in [0.15, 0.2) is 59.4 Å². The number of nitrogens with one attached hydrogen (secondary N) is 1. The molecule has 0 radical (unpaired) electrons. The van der Waals surface area contributed by atoms with Crippen LogP contribution in [-0.2, 0) is 14.3 Å². The fourth-order valence-electron chi connectivity index (χ4n) is 3.32. The molecule has 0 aliphatic carbocycles. The zero-order chi connectivity index (χ0) is 24.8. The highest BCUT2D eigenvalue weighted by molar-refractivity contribution is 5.96. The minimum Gasteiger partial charge on any atom is -0.451 e. The summed E-state index contributed by atoms with van der Waals surface area (Å²) in [6.07, 6.45) is 0. The Morgan fingerprint density at radius 1 is 1.00 bits per heavy atom. The first-order valence-electron chi connectivity index (χ1n) is 10.6. The normalized spacial score (nSPS) is 10.5. The Bertz CT molecular complexity index is 1260. The van der Waals surface area contributed by atoms with Gasteiger partial charge in [-0.05, 0) is 44.0 Å². The Kier molecular flexibility index (Phi) is 7.57. The number of aromatic nitrogens is 2. The van der Waals surface area contributed by atoms with Gasteiger partial charge in [-0.15, -0.1) is 0 Å². The van der Waals surface area contributed by atoms with Gasteiger partial charge in [0.2, 0.25) is 17.0 Å². The second kappa shape index (κ2) is 10.6. The van der Waals surface area contributed by atoms with E-state index in [1.807, 2.05) is 38.1 Å². The number of nitrogens with zero attached hydrogens (tertiary/aromatic N) is 3. The van der Waals surface area contributed by atoms with E-state index in [-0.39, 0.29) is 12.5 Å². The average molecular weight is 463 g/mol. The third kappa shape index (κ3) is 5.74. The number of hydrogen-bond acceptors (Lipinski definition) is 6. The Hall–Kier alpha value is -4.27. The van der Waals surface area contributed by atoms with Crippen LogP contribution >= 0.6 is 0 Å². The number of rotatable bonds is 7. The van der Waals surface area contributed by atoms with E-state index in [9.17, 15) is 19.2 Å². The van der Waals surface area contributed by atoms with Gasteiger partial charge >= 0.3 is 5.97 Å². The van der Waals surface area contributed by atoms with E-state index in [4.69, 9.17) is 4.74 Å². The molecule has 2 aromatic carbocycles. The van der Waals surface area contributed by atoms with Gasteiger partial charge in [-0.25, -0.2) is 9.48 Å². The molecule has 34 heavy (non-hydrogen) atoms. The molecule has 0 aliphatic heterocycles. The molecule has 9 heteroatoms. The van der Waals surface area contributed by atoms with Gasteiger partial charge in [0.1, 0.15) is 0 Å². The van der Waals surface area contributed by atoms with Gasteiger partial charge < -0.3 is 15.0 Å². The van der Waals surface area contributed by atoms with Crippen molar-refractivity contribution in [2.45, 2.75) is 20.8 Å². The lowest BCUT2D eigenvalue weighted by molar-refractivity contribution is -0.136. The van der Waals surface area contributed by atoms with Gasteiger partial charge in [-0.2, -0.15) is 5.10 Å². The van der Waals surface area contributed by atoms with Crippen LogP contribution in [0.4, 0.5) is 5.69 Å². The summed E-state index contributed by atoms with van der Waals surface area (Å²) < 4.78 is 6.47. The van der Waals surface area contributed by atoms with Crippen LogP contribution in [0.25, 0.3) is 5.69 Å². The van der Waals surface area contributed by atoms with E-state index in [0.29, 0.717) is 17.1 Å². The lowest BCUT2D eigenvalue weighted by Crippen LogP contribution is -2.38. The summed E-state index contributed by atoms with van der Waals surface area (Å²) in [4.78, 5) is 50.7. The minimum absolute atomic E-state index is 0.228. The molecular formula is C25H26N4O5. The van der Waals surface area contributed by atoms with Crippen LogP contribution in [0.2, 0.25) is 0 Å². The third-order valence-corrected chi connectivity index (χ3v) is 5.18. The van der Waals surface area contributed by atoms with Gasteiger partial charge in [0, 0.05) is 24.5 Å². The second-order valence-corrected chi connectivity index (χ2v) is 7.89. The van der Waals surface area contributed by atoms with Crippen molar-refractivity contribution >= 4 is 23.5 Å². The highest BCUT2D eigenvalue weighted by atomic mass is 16.5. The van der Waals surface area contributed by atoms with Gasteiger partial charge in [0.05, 0.1) is 12.2 Å². The number of amides is 2. The molecule has 1 heterocycles. The molecule has 0 fully saturated rings. The van der Waals surface area contributed by atoms with E-state index in [0.717, 1.165) is 16.0 Å². The number of carbonyl (C=O) groups is 3. The summed E-state index contributed by atoms with van der Waals surface area (Å²) in [5, 5.41) is 6.91.